The molecule has 0 spiro atoms. The molecule has 0 aromatic carbocycles. The number of rotatable bonds is 10. The van der Waals surface area contributed by atoms with Crippen molar-refractivity contribution in [1.29, 1.82) is 0 Å². The minimum absolute atomic E-state index is 0.704. The number of methoxy groups -OCH3 is 1. The second kappa shape index (κ2) is 10.8. The smallest absolute Gasteiger partial charge is 0.160 e. The minimum Gasteiger partial charge on any atom is -0.497 e. The van der Waals surface area contributed by atoms with E-state index in [2.05, 4.69) is 31.9 Å². The van der Waals surface area contributed by atoms with E-state index in [0.717, 1.165) is 36.2 Å². The molecule has 0 aliphatic carbocycles. The monoisotopic (exact) mass is 317 g/mol. The number of nitrogens with zero attached hydrogens (tertiary/aromatic N) is 1. The Morgan fingerprint density at radius 2 is 2.22 bits per heavy atom. The van der Waals surface area contributed by atoms with E-state index in [1.54, 1.807) is 19.4 Å². The van der Waals surface area contributed by atoms with Crippen LogP contribution in [-0.4, -0.2) is 25.1 Å². The van der Waals surface area contributed by atoms with Crippen molar-refractivity contribution >= 4 is 0 Å². The molecule has 0 aromatic heterocycles. The lowest BCUT2D eigenvalue weighted by Gasteiger charge is -2.31. The van der Waals surface area contributed by atoms with E-state index in [1.165, 1.54) is 19.3 Å². The maximum Gasteiger partial charge on any atom is 0.160 e. The predicted molar refractivity (Wildman–Crippen MR) is 97.6 cm³/mol. The third-order valence-corrected chi connectivity index (χ3v) is 4.04. The molecule has 1 unspecified atom stereocenters. The highest BCUT2D eigenvalue weighted by Crippen LogP contribution is 2.24. The van der Waals surface area contributed by atoms with Crippen LogP contribution in [0.5, 0.6) is 0 Å². The fraction of sp³-hybridized carbons (Fsp3) is 0.500. The van der Waals surface area contributed by atoms with Gasteiger partial charge >= 0.3 is 0 Å². The fourth-order valence-corrected chi connectivity index (χ4v) is 2.64. The van der Waals surface area contributed by atoms with Gasteiger partial charge in [-0.15, -0.1) is 0 Å². The van der Waals surface area contributed by atoms with Crippen molar-refractivity contribution in [3.05, 3.63) is 60.9 Å². The Labute approximate surface area is 141 Å². The van der Waals surface area contributed by atoms with Crippen LogP contribution in [-0.2, 0) is 9.47 Å². The van der Waals surface area contributed by atoms with E-state index in [9.17, 15) is 0 Å². The summed E-state index contributed by atoms with van der Waals surface area (Å²) in [6.07, 6.45) is 13.7. The molecule has 1 heterocycles. The zero-order valence-corrected chi connectivity index (χ0v) is 14.9. The van der Waals surface area contributed by atoms with E-state index in [0.29, 0.717) is 6.42 Å². The number of hydrogen-bond acceptors (Lipinski definition) is 3. The van der Waals surface area contributed by atoms with Gasteiger partial charge in [0, 0.05) is 13.0 Å². The van der Waals surface area contributed by atoms with Crippen molar-refractivity contribution in [3.8, 4) is 0 Å². The van der Waals surface area contributed by atoms with E-state index in [-0.39, 0.29) is 0 Å². The normalized spacial score (nSPS) is 18.2. The van der Waals surface area contributed by atoms with Crippen LogP contribution in [0.4, 0.5) is 0 Å². The third-order valence-electron chi connectivity index (χ3n) is 4.04. The van der Waals surface area contributed by atoms with E-state index >= 15 is 0 Å². The quantitative estimate of drug-likeness (QED) is 0.410. The van der Waals surface area contributed by atoms with Crippen molar-refractivity contribution in [2.75, 3.05) is 20.2 Å². The lowest BCUT2D eigenvalue weighted by Crippen LogP contribution is -2.31. The van der Waals surface area contributed by atoms with Gasteiger partial charge in [0.1, 0.15) is 12.0 Å². The Morgan fingerprint density at radius 3 is 2.83 bits per heavy atom. The van der Waals surface area contributed by atoms with Crippen LogP contribution in [0.1, 0.15) is 39.5 Å². The van der Waals surface area contributed by atoms with Crippen molar-refractivity contribution in [2.24, 2.45) is 5.92 Å². The molecule has 0 radical (unpaired) electrons. The van der Waals surface area contributed by atoms with E-state index in [1.807, 2.05) is 18.2 Å². The molecule has 3 heteroatoms. The van der Waals surface area contributed by atoms with Gasteiger partial charge in [0.15, 0.2) is 5.76 Å². The van der Waals surface area contributed by atoms with Crippen molar-refractivity contribution in [3.63, 3.8) is 0 Å². The highest BCUT2D eigenvalue weighted by Gasteiger charge is 2.20. The fourth-order valence-electron chi connectivity index (χ4n) is 2.64. The van der Waals surface area contributed by atoms with Gasteiger partial charge in [-0.25, -0.2) is 0 Å². The Morgan fingerprint density at radius 1 is 1.43 bits per heavy atom. The van der Waals surface area contributed by atoms with E-state index in [4.69, 9.17) is 9.47 Å². The number of ether oxygens (including phenoxy) is 2. The summed E-state index contributed by atoms with van der Waals surface area (Å²) in [7, 11) is 1.69. The first kappa shape index (κ1) is 19.1. The van der Waals surface area contributed by atoms with Gasteiger partial charge in [0.2, 0.25) is 0 Å². The Hall–Kier alpha value is -1.90. The molecular formula is C20H31NO2. The first-order chi connectivity index (χ1) is 11.2. The lowest BCUT2D eigenvalue weighted by atomic mass is 10.0. The van der Waals surface area contributed by atoms with Gasteiger partial charge in [0.25, 0.3) is 0 Å². The third kappa shape index (κ3) is 6.39. The summed E-state index contributed by atoms with van der Waals surface area (Å²) in [5.74, 6) is 2.46. The van der Waals surface area contributed by atoms with Gasteiger partial charge in [-0.3, -0.25) is 0 Å². The summed E-state index contributed by atoms with van der Waals surface area (Å²) in [6, 6.07) is 0. The summed E-state index contributed by atoms with van der Waals surface area (Å²) in [5, 5.41) is 0. The standard InChI is InChI=1S/C20H31NO2/c1-6-9-10-12-19(22-5)20-15-21(18(8-3)16-23-20)14-13-17(4)11-7-2/h6,8-10,16-17H,1,3,7,11-15H2,2,4-5H3/b10-9-,20-19-. The van der Waals surface area contributed by atoms with Crippen LogP contribution in [0.3, 0.4) is 0 Å². The summed E-state index contributed by atoms with van der Waals surface area (Å²) >= 11 is 0. The molecule has 0 fully saturated rings. The Balaban J connectivity index is 2.79. The molecule has 23 heavy (non-hydrogen) atoms. The van der Waals surface area contributed by atoms with Crippen LogP contribution >= 0.6 is 0 Å². The van der Waals surface area contributed by atoms with Crippen molar-refractivity contribution in [1.82, 2.24) is 4.90 Å². The van der Waals surface area contributed by atoms with Crippen LogP contribution in [0, 0.1) is 5.92 Å². The second-order valence-corrected chi connectivity index (χ2v) is 5.89. The molecule has 0 saturated heterocycles. The molecule has 1 aliphatic rings. The van der Waals surface area contributed by atoms with Gasteiger partial charge in [-0.05, 0) is 18.4 Å². The molecular weight excluding hydrogens is 286 g/mol. The molecule has 1 rings (SSSR count). The molecule has 128 valence electrons. The topological polar surface area (TPSA) is 21.7 Å². The number of allylic oxidation sites excluding steroid dienone is 4. The molecule has 0 bridgehead atoms. The average molecular weight is 317 g/mol. The van der Waals surface area contributed by atoms with Crippen LogP contribution in [0.15, 0.2) is 60.9 Å². The highest BCUT2D eigenvalue weighted by atomic mass is 16.5. The zero-order chi connectivity index (χ0) is 17.1. The van der Waals surface area contributed by atoms with Crippen LogP contribution < -0.4 is 0 Å². The summed E-state index contributed by atoms with van der Waals surface area (Å²) in [4.78, 5) is 2.31. The Kier molecular flexibility index (Phi) is 8.96. The summed E-state index contributed by atoms with van der Waals surface area (Å²) < 4.78 is 11.3. The summed E-state index contributed by atoms with van der Waals surface area (Å²) in [6.45, 7) is 13.9. The zero-order valence-electron chi connectivity index (χ0n) is 14.9. The van der Waals surface area contributed by atoms with Gasteiger partial charge < -0.3 is 14.4 Å². The minimum atomic E-state index is 0.704. The molecule has 0 N–H and O–H groups in total. The average Bonchev–Trinajstić information content (AvgIpc) is 2.57. The van der Waals surface area contributed by atoms with Gasteiger partial charge in [0.05, 0.1) is 19.4 Å². The second-order valence-electron chi connectivity index (χ2n) is 5.89. The molecule has 0 saturated carbocycles. The lowest BCUT2D eigenvalue weighted by molar-refractivity contribution is 0.182. The van der Waals surface area contributed by atoms with E-state index < -0.39 is 0 Å². The van der Waals surface area contributed by atoms with Crippen LogP contribution in [0.2, 0.25) is 0 Å². The van der Waals surface area contributed by atoms with Crippen molar-refractivity contribution in [2.45, 2.75) is 39.5 Å². The predicted octanol–water partition coefficient (Wildman–Crippen LogP) is 5.16. The first-order valence-electron chi connectivity index (χ1n) is 8.44. The molecule has 0 aromatic rings. The molecule has 3 nitrogen and oxygen atoms in total. The first-order valence-corrected chi connectivity index (χ1v) is 8.44. The number of hydrogen-bond donors (Lipinski definition) is 0. The highest BCUT2D eigenvalue weighted by molar-refractivity contribution is 5.21. The largest absolute Gasteiger partial charge is 0.497 e. The Bertz CT molecular complexity index is 474. The maximum atomic E-state index is 5.77. The maximum absolute atomic E-state index is 5.77. The van der Waals surface area contributed by atoms with Gasteiger partial charge in [-0.2, -0.15) is 0 Å². The van der Waals surface area contributed by atoms with Crippen LogP contribution in [0.25, 0.3) is 0 Å². The van der Waals surface area contributed by atoms with Gasteiger partial charge in [-0.1, -0.05) is 58.1 Å². The SMILES string of the molecule is C=C/C=C\C/C(OC)=C1\CN(CCC(C)CCC)C(C=C)=CO1. The summed E-state index contributed by atoms with van der Waals surface area (Å²) in [5.41, 5.74) is 1.04. The molecule has 1 aliphatic heterocycles. The van der Waals surface area contributed by atoms with Crippen molar-refractivity contribution < 1.29 is 9.47 Å². The molecule has 1 atom stereocenters. The molecule has 0 amide bonds.